The number of nitrogens with two attached hydrogens (primary N) is 1. The minimum absolute atomic E-state index is 0.0550. The second-order valence-corrected chi connectivity index (χ2v) is 7.75. The van der Waals surface area contributed by atoms with E-state index in [-0.39, 0.29) is 35.4 Å². The summed E-state index contributed by atoms with van der Waals surface area (Å²) in [4.78, 5) is 38.0. The number of imidazole rings is 1. The van der Waals surface area contributed by atoms with Crippen LogP contribution in [0.1, 0.15) is 31.8 Å². The van der Waals surface area contributed by atoms with Crippen molar-refractivity contribution in [1.82, 2.24) is 29.7 Å². The SMILES string of the molecule is CCN(CC#Cc1nc(N)c2ncn([C@@H]3O[C@H](C(=O)NC4CC4)[C@@H](O)[C@H]3O)c2n1)C(=O)OC. The lowest BCUT2D eigenvalue weighted by molar-refractivity contribution is -0.137. The Morgan fingerprint density at radius 2 is 2.12 bits per heavy atom. The molecule has 1 saturated carbocycles. The Balaban J connectivity index is 1.58. The predicted octanol–water partition coefficient (Wildman–Crippen LogP) is -1.25. The Kier molecular flexibility index (Phi) is 6.32. The van der Waals surface area contributed by atoms with E-state index in [1.807, 2.05) is 0 Å². The van der Waals surface area contributed by atoms with Crippen LogP contribution in [0.25, 0.3) is 11.2 Å². The third-order valence-corrected chi connectivity index (χ3v) is 5.43. The first-order chi connectivity index (χ1) is 15.8. The molecule has 2 fully saturated rings. The maximum atomic E-state index is 12.4. The highest BCUT2D eigenvalue weighted by atomic mass is 16.6. The van der Waals surface area contributed by atoms with Crippen molar-refractivity contribution in [2.75, 3.05) is 25.9 Å². The number of hydrogen-bond acceptors (Lipinski definition) is 10. The summed E-state index contributed by atoms with van der Waals surface area (Å²) < 4.78 is 11.8. The highest BCUT2D eigenvalue weighted by Crippen LogP contribution is 2.33. The van der Waals surface area contributed by atoms with Gasteiger partial charge >= 0.3 is 6.09 Å². The number of nitrogens with one attached hydrogen (secondary N) is 1. The van der Waals surface area contributed by atoms with Gasteiger partial charge in [-0.1, -0.05) is 5.92 Å². The molecule has 1 saturated heterocycles. The molecule has 0 bridgehead atoms. The minimum Gasteiger partial charge on any atom is -0.453 e. The van der Waals surface area contributed by atoms with Gasteiger partial charge in [-0.2, -0.15) is 0 Å². The van der Waals surface area contributed by atoms with Crippen molar-refractivity contribution in [3.05, 3.63) is 12.2 Å². The number of aliphatic hydroxyl groups is 2. The highest BCUT2D eigenvalue weighted by Gasteiger charge is 2.48. The van der Waals surface area contributed by atoms with Gasteiger partial charge in [0.25, 0.3) is 5.91 Å². The van der Waals surface area contributed by atoms with E-state index in [1.54, 1.807) is 6.92 Å². The molecular formula is C20H25N7O6. The van der Waals surface area contributed by atoms with Crippen molar-refractivity contribution in [3.63, 3.8) is 0 Å². The van der Waals surface area contributed by atoms with Crippen LogP contribution in [-0.4, -0.2) is 91.2 Å². The van der Waals surface area contributed by atoms with E-state index in [2.05, 4.69) is 36.8 Å². The van der Waals surface area contributed by atoms with Crippen LogP contribution in [0.3, 0.4) is 0 Å². The molecule has 2 amide bonds. The van der Waals surface area contributed by atoms with Crippen molar-refractivity contribution in [1.29, 1.82) is 0 Å². The van der Waals surface area contributed by atoms with Gasteiger partial charge in [-0.3, -0.25) is 14.3 Å². The standard InChI is InChI=1S/C20H25N7O6/c1-3-26(20(31)32-2)8-4-5-11-24-16(21)12-17(25-11)27(9-22-12)19-14(29)13(28)15(33-19)18(30)23-10-6-7-10/h9-10,13-15,19,28-29H,3,6-8H2,1-2H3,(H,23,30)(H2,21,24,25)/t13-,14+,15-,19+/m0/s1. The average Bonchev–Trinajstić information content (AvgIpc) is 3.43. The summed E-state index contributed by atoms with van der Waals surface area (Å²) in [5.74, 6) is 5.18. The fourth-order valence-corrected chi connectivity index (χ4v) is 3.45. The van der Waals surface area contributed by atoms with E-state index in [9.17, 15) is 19.8 Å². The summed E-state index contributed by atoms with van der Waals surface area (Å²) in [5.41, 5.74) is 6.47. The maximum absolute atomic E-state index is 12.4. The van der Waals surface area contributed by atoms with E-state index < -0.39 is 36.5 Å². The van der Waals surface area contributed by atoms with E-state index in [1.165, 1.54) is 22.9 Å². The fraction of sp³-hybridized carbons (Fsp3) is 0.550. The van der Waals surface area contributed by atoms with Crippen molar-refractivity contribution in [2.45, 2.75) is 50.3 Å². The largest absolute Gasteiger partial charge is 0.453 e. The molecule has 13 nitrogen and oxygen atoms in total. The lowest BCUT2D eigenvalue weighted by Gasteiger charge is -2.16. The number of hydrogen-bond donors (Lipinski definition) is 4. The number of aliphatic hydroxyl groups excluding tert-OH is 2. The molecule has 0 spiro atoms. The van der Waals surface area contributed by atoms with E-state index in [4.69, 9.17) is 10.5 Å². The second kappa shape index (κ2) is 9.18. The van der Waals surface area contributed by atoms with Gasteiger partial charge in [0.05, 0.1) is 20.0 Å². The molecule has 4 rings (SSSR count). The number of amides is 2. The number of aromatic nitrogens is 4. The number of methoxy groups -OCH3 is 1. The quantitative estimate of drug-likeness (QED) is 0.395. The van der Waals surface area contributed by atoms with Crippen LogP contribution in [0.15, 0.2) is 6.33 Å². The molecule has 4 atom stereocenters. The normalized spacial score (nSPS) is 24.2. The van der Waals surface area contributed by atoms with Gasteiger partial charge in [0.2, 0.25) is 5.82 Å². The molecule has 0 unspecified atom stereocenters. The molecule has 5 N–H and O–H groups in total. The van der Waals surface area contributed by atoms with Gasteiger partial charge in [0.15, 0.2) is 23.8 Å². The summed E-state index contributed by atoms with van der Waals surface area (Å²) in [6.45, 7) is 2.29. The van der Waals surface area contributed by atoms with Gasteiger partial charge in [-0.05, 0) is 25.7 Å². The zero-order valence-electron chi connectivity index (χ0n) is 18.1. The van der Waals surface area contributed by atoms with Crippen LogP contribution in [0.2, 0.25) is 0 Å². The number of carbonyl (C=O) groups excluding carboxylic acids is 2. The molecular weight excluding hydrogens is 434 g/mol. The number of anilines is 1. The summed E-state index contributed by atoms with van der Waals surface area (Å²) >= 11 is 0. The Hall–Kier alpha value is -3.47. The molecule has 0 radical (unpaired) electrons. The molecule has 1 aliphatic heterocycles. The second-order valence-electron chi connectivity index (χ2n) is 7.75. The molecule has 2 aliphatic rings. The topological polar surface area (TPSA) is 178 Å². The van der Waals surface area contributed by atoms with Crippen LogP contribution in [0.5, 0.6) is 0 Å². The number of nitrogen functional groups attached to an aromatic ring is 1. The van der Waals surface area contributed by atoms with Crippen LogP contribution in [0, 0.1) is 11.8 Å². The van der Waals surface area contributed by atoms with Gasteiger partial charge < -0.3 is 30.7 Å². The van der Waals surface area contributed by atoms with Gasteiger partial charge in [0.1, 0.15) is 17.7 Å². The molecule has 2 aromatic rings. The van der Waals surface area contributed by atoms with Crippen molar-refractivity contribution in [2.24, 2.45) is 0 Å². The average molecular weight is 459 g/mol. The highest BCUT2D eigenvalue weighted by molar-refractivity contribution is 5.83. The smallest absolute Gasteiger partial charge is 0.410 e. The Labute approximate surface area is 188 Å². The summed E-state index contributed by atoms with van der Waals surface area (Å²) in [6, 6.07) is 0.0788. The van der Waals surface area contributed by atoms with Crippen molar-refractivity contribution < 1.29 is 29.3 Å². The first-order valence-electron chi connectivity index (χ1n) is 10.5. The number of carbonyl (C=O) groups is 2. The van der Waals surface area contributed by atoms with Crippen LogP contribution in [-0.2, 0) is 14.3 Å². The van der Waals surface area contributed by atoms with Gasteiger partial charge in [0, 0.05) is 12.6 Å². The molecule has 3 heterocycles. The molecule has 13 heteroatoms. The first kappa shape index (κ1) is 22.7. The third-order valence-electron chi connectivity index (χ3n) is 5.43. The van der Waals surface area contributed by atoms with Gasteiger partial charge in [-0.25, -0.2) is 19.7 Å². The lowest BCUT2D eigenvalue weighted by Crippen LogP contribution is -2.43. The number of ether oxygens (including phenoxy) is 2. The van der Waals surface area contributed by atoms with Crippen molar-refractivity contribution in [3.8, 4) is 11.8 Å². The first-order valence-corrected chi connectivity index (χ1v) is 10.5. The zero-order chi connectivity index (χ0) is 23.7. The third kappa shape index (κ3) is 4.54. The summed E-state index contributed by atoms with van der Waals surface area (Å²) in [5, 5.41) is 23.7. The van der Waals surface area contributed by atoms with Gasteiger partial charge in [-0.15, -0.1) is 0 Å². The summed E-state index contributed by atoms with van der Waals surface area (Å²) in [7, 11) is 1.29. The molecule has 33 heavy (non-hydrogen) atoms. The van der Waals surface area contributed by atoms with E-state index in [0.717, 1.165) is 12.8 Å². The summed E-state index contributed by atoms with van der Waals surface area (Å²) in [6.07, 6.45) is -2.60. The predicted molar refractivity (Wildman–Crippen MR) is 113 cm³/mol. The molecule has 176 valence electrons. The van der Waals surface area contributed by atoms with E-state index >= 15 is 0 Å². The van der Waals surface area contributed by atoms with Crippen LogP contribution in [0.4, 0.5) is 10.6 Å². The number of nitrogens with zero attached hydrogens (tertiary/aromatic N) is 5. The molecule has 2 aromatic heterocycles. The number of rotatable bonds is 5. The lowest BCUT2D eigenvalue weighted by atomic mass is 10.1. The Bertz CT molecular complexity index is 1120. The zero-order valence-corrected chi connectivity index (χ0v) is 18.1. The monoisotopic (exact) mass is 459 g/mol. The molecule has 0 aromatic carbocycles. The van der Waals surface area contributed by atoms with Crippen LogP contribution >= 0.6 is 0 Å². The fourth-order valence-electron chi connectivity index (χ4n) is 3.45. The molecule has 1 aliphatic carbocycles. The number of fused-ring (bicyclic) bond motifs is 1. The maximum Gasteiger partial charge on any atom is 0.410 e. The van der Waals surface area contributed by atoms with E-state index in [0.29, 0.717) is 6.54 Å². The Morgan fingerprint density at radius 3 is 2.79 bits per heavy atom. The minimum atomic E-state index is -1.43. The van der Waals surface area contributed by atoms with Crippen molar-refractivity contribution >= 4 is 29.0 Å². The Morgan fingerprint density at radius 1 is 1.36 bits per heavy atom. The van der Waals surface area contributed by atoms with Crippen LogP contribution < -0.4 is 11.1 Å².